The summed E-state index contributed by atoms with van der Waals surface area (Å²) in [6.45, 7) is 12.9. The maximum Gasteiger partial charge on any atom is 0.245 e. The molecule has 6 atom stereocenters. The van der Waals surface area contributed by atoms with Crippen LogP contribution in [0.25, 0.3) is 0 Å². The van der Waals surface area contributed by atoms with E-state index in [1.165, 1.54) is 0 Å². The Kier molecular flexibility index (Phi) is 13.1. The zero-order chi connectivity index (χ0) is 35.2. The third-order valence-corrected chi connectivity index (χ3v) is 10.7. The first-order valence-corrected chi connectivity index (χ1v) is 18.0. The Hall–Kier alpha value is -3.02. The molecule has 0 spiro atoms. The maximum absolute atomic E-state index is 14.2. The molecule has 11 heteroatoms. The van der Waals surface area contributed by atoms with Crippen LogP contribution in [-0.2, 0) is 19.2 Å². The van der Waals surface area contributed by atoms with Crippen molar-refractivity contribution in [2.24, 2.45) is 11.3 Å². The highest BCUT2D eigenvalue weighted by Crippen LogP contribution is 2.28. The molecule has 3 fully saturated rings. The highest BCUT2D eigenvalue weighted by molar-refractivity contribution is 5.91. The fourth-order valence-corrected chi connectivity index (χ4v) is 7.61. The van der Waals surface area contributed by atoms with Crippen molar-refractivity contribution in [1.29, 1.82) is 0 Å². The number of piperidine rings is 1. The Morgan fingerprint density at radius 3 is 2.19 bits per heavy atom. The molecule has 4 rings (SSSR count). The minimum absolute atomic E-state index is 0.0401. The van der Waals surface area contributed by atoms with E-state index in [1.807, 2.05) is 65.2 Å². The molecule has 48 heavy (non-hydrogen) atoms. The van der Waals surface area contributed by atoms with Gasteiger partial charge in [-0.05, 0) is 75.6 Å². The highest BCUT2D eigenvalue weighted by atomic mass is 16.3. The van der Waals surface area contributed by atoms with Crippen molar-refractivity contribution >= 4 is 23.6 Å². The average Bonchev–Trinajstić information content (AvgIpc) is 3.74. The summed E-state index contributed by atoms with van der Waals surface area (Å²) in [4.78, 5) is 62.7. The summed E-state index contributed by atoms with van der Waals surface area (Å²) < 4.78 is 0. The second kappa shape index (κ2) is 16.6. The van der Waals surface area contributed by atoms with Crippen LogP contribution in [0.1, 0.15) is 91.2 Å². The summed E-state index contributed by atoms with van der Waals surface area (Å²) in [7, 11) is 3.79. The number of hydrogen-bond acceptors (Lipinski definition) is 7. The predicted molar refractivity (Wildman–Crippen MR) is 187 cm³/mol. The topological polar surface area (TPSA) is 126 Å². The molecule has 0 aliphatic carbocycles. The van der Waals surface area contributed by atoms with Gasteiger partial charge in [0, 0.05) is 32.7 Å². The van der Waals surface area contributed by atoms with E-state index in [-0.39, 0.29) is 54.2 Å². The smallest absolute Gasteiger partial charge is 0.245 e. The Balaban J connectivity index is 1.41. The summed E-state index contributed by atoms with van der Waals surface area (Å²) in [5, 5.41) is 16.5. The molecule has 268 valence electrons. The lowest BCUT2D eigenvalue weighted by Gasteiger charge is -2.41. The Bertz CT molecular complexity index is 1250. The molecule has 1 aromatic rings. The minimum Gasteiger partial charge on any atom is -0.387 e. The van der Waals surface area contributed by atoms with Gasteiger partial charge < -0.3 is 25.5 Å². The first-order valence-electron chi connectivity index (χ1n) is 18.0. The number of likely N-dealkylation sites (N-methyl/N-ethyl adjacent to an activating group) is 2. The number of rotatable bonds is 12. The third-order valence-electron chi connectivity index (χ3n) is 10.7. The first kappa shape index (κ1) is 37.8. The summed E-state index contributed by atoms with van der Waals surface area (Å²) in [5.41, 5.74) is 0.236. The van der Waals surface area contributed by atoms with Crippen LogP contribution in [0.2, 0.25) is 0 Å². The first-order chi connectivity index (χ1) is 22.7. The molecule has 3 heterocycles. The van der Waals surface area contributed by atoms with Crippen LogP contribution in [0.15, 0.2) is 30.3 Å². The number of amides is 4. The van der Waals surface area contributed by atoms with Gasteiger partial charge in [0.1, 0.15) is 12.1 Å². The van der Waals surface area contributed by atoms with Gasteiger partial charge in [-0.25, -0.2) is 0 Å². The molecular formula is C37H60N6O5. The van der Waals surface area contributed by atoms with Crippen molar-refractivity contribution in [3.8, 4) is 0 Å². The van der Waals surface area contributed by atoms with Crippen molar-refractivity contribution in [1.82, 2.24) is 30.2 Å². The lowest BCUT2D eigenvalue weighted by Crippen LogP contribution is -2.61. The van der Waals surface area contributed by atoms with Crippen LogP contribution < -0.4 is 10.6 Å². The van der Waals surface area contributed by atoms with Gasteiger partial charge in [-0.15, -0.1) is 0 Å². The van der Waals surface area contributed by atoms with Gasteiger partial charge in [0.25, 0.3) is 0 Å². The zero-order valence-corrected chi connectivity index (χ0v) is 30.3. The standard InChI is InChI=1S/C37H60N6O5/c1-25(2)30(41(7)36(48)32(37(3,4)5)39-34(46)27-17-11-12-20-40(27)6)24-42-21-13-19-29(42)35(47)43-22-14-18-28(43)33(45)38-23-31(44)26-15-9-8-10-16-26/h8-10,15-16,25,27-32,44H,11-14,17-24H2,1-7H3,(H,38,45)(H,39,46)/t27-,28+,29+,30-,31-,32-/m1/s1. The molecule has 0 unspecified atom stereocenters. The van der Waals surface area contributed by atoms with Crippen molar-refractivity contribution in [3.05, 3.63) is 35.9 Å². The van der Waals surface area contributed by atoms with Gasteiger partial charge in [0.15, 0.2) is 0 Å². The Morgan fingerprint density at radius 2 is 1.54 bits per heavy atom. The second-order valence-electron chi connectivity index (χ2n) is 15.6. The van der Waals surface area contributed by atoms with Gasteiger partial charge in [0.2, 0.25) is 23.6 Å². The number of carbonyl (C=O) groups is 4. The van der Waals surface area contributed by atoms with Crippen LogP contribution >= 0.6 is 0 Å². The second-order valence-corrected chi connectivity index (χ2v) is 15.6. The zero-order valence-electron chi connectivity index (χ0n) is 30.3. The molecule has 3 aliphatic rings. The number of aliphatic hydroxyl groups is 1. The predicted octanol–water partition coefficient (Wildman–Crippen LogP) is 2.79. The molecule has 3 saturated heterocycles. The number of likely N-dealkylation sites (tertiary alicyclic amines) is 3. The van der Waals surface area contributed by atoms with Crippen molar-refractivity contribution in [2.45, 2.75) is 116 Å². The van der Waals surface area contributed by atoms with Crippen LogP contribution in [0, 0.1) is 11.3 Å². The molecule has 4 amide bonds. The quantitative estimate of drug-likeness (QED) is 0.313. The van der Waals surface area contributed by atoms with E-state index in [2.05, 4.69) is 34.3 Å². The molecule has 0 aromatic heterocycles. The summed E-state index contributed by atoms with van der Waals surface area (Å²) in [6.07, 6.45) is 4.95. The summed E-state index contributed by atoms with van der Waals surface area (Å²) >= 11 is 0. The molecule has 1 aromatic carbocycles. The normalized spacial score (nSPS) is 24.3. The van der Waals surface area contributed by atoms with E-state index in [9.17, 15) is 24.3 Å². The number of benzene rings is 1. The Morgan fingerprint density at radius 1 is 0.896 bits per heavy atom. The van der Waals surface area contributed by atoms with Crippen molar-refractivity contribution in [3.63, 3.8) is 0 Å². The van der Waals surface area contributed by atoms with Gasteiger partial charge in [-0.1, -0.05) is 71.4 Å². The average molecular weight is 669 g/mol. The fourth-order valence-electron chi connectivity index (χ4n) is 7.61. The molecule has 0 radical (unpaired) electrons. The number of aliphatic hydroxyl groups excluding tert-OH is 1. The fraction of sp³-hybridized carbons (Fsp3) is 0.730. The van der Waals surface area contributed by atoms with Gasteiger partial charge in [-0.2, -0.15) is 0 Å². The van der Waals surface area contributed by atoms with E-state index >= 15 is 0 Å². The van der Waals surface area contributed by atoms with E-state index < -0.39 is 23.6 Å². The number of nitrogens with zero attached hydrogens (tertiary/aromatic N) is 4. The van der Waals surface area contributed by atoms with Crippen LogP contribution in [0.4, 0.5) is 0 Å². The third kappa shape index (κ3) is 9.15. The van der Waals surface area contributed by atoms with E-state index in [1.54, 1.807) is 9.80 Å². The molecule has 0 bridgehead atoms. The molecule has 3 aliphatic heterocycles. The molecular weight excluding hydrogens is 608 g/mol. The van der Waals surface area contributed by atoms with E-state index in [4.69, 9.17) is 0 Å². The lowest BCUT2D eigenvalue weighted by atomic mass is 9.84. The summed E-state index contributed by atoms with van der Waals surface area (Å²) in [5.74, 6) is -0.382. The van der Waals surface area contributed by atoms with E-state index in [0.717, 1.165) is 50.8 Å². The minimum atomic E-state index is -0.821. The van der Waals surface area contributed by atoms with Gasteiger partial charge >= 0.3 is 0 Å². The van der Waals surface area contributed by atoms with Crippen LogP contribution in [0.3, 0.4) is 0 Å². The number of nitrogens with one attached hydrogen (secondary N) is 2. The molecule has 3 N–H and O–H groups in total. The molecule has 0 saturated carbocycles. The van der Waals surface area contributed by atoms with Crippen LogP contribution in [0.5, 0.6) is 0 Å². The van der Waals surface area contributed by atoms with Gasteiger partial charge in [-0.3, -0.25) is 29.0 Å². The number of hydrogen-bond donors (Lipinski definition) is 3. The number of carbonyl (C=O) groups excluding carboxylic acids is 4. The monoisotopic (exact) mass is 668 g/mol. The highest BCUT2D eigenvalue weighted by Gasteiger charge is 2.43. The Labute approximate surface area is 287 Å². The largest absolute Gasteiger partial charge is 0.387 e. The maximum atomic E-state index is 14.2. The van der Waals surface area contributed by atoms with Gasteiger partial charge in [0.05, 0.1) is 18.2 Å². The SMILES string of the molecule is CC(C)[C@@H](CN1CCC[C@H]1C(=O)N1CCC[C@H]1C(=O)NC[C@@H](O)c1ccccc1)N(C)C(=O)[C@@H](NC(=O)[C@H]1CCCCN1C)C(C)(C)C. The lowest BCUT2D eigenvalue weighted by molar-refractivity contribution is -0.144. The molecule has 11 nitrogen and oxygen atoms in total. The van der Waals surface area contributed by atoms with Crippen molar-refractivity contribution < 1.29 is 24.3 Å². The van der Waals surface area contributed by atoms with E-state index in [0.29, 0.717) is 25.9 Å². The van der Waals surface area contributed by atoms with Crippen molar-refractivity contribution in [2.75, 3.05) is 46.8 Å². The van der Waals surface area contributed by atoms with Crippen LogP contribution in [-0.4, -0.2) is 125 Å². The summed E-state index contributed by atoms with van der Waals surface area (Å²) in [6, 6.07) is 7.19.